The highest BCUT2D eigenvalue weighted by Gasteiger charge is 2.55. The van der Waals surface area contributed by atoms with E-state index in [1.807, 2.05) is 26.0 Å². The summed E-state index contributed by atoms with van der Waals surface area (Å²) in [7, 11) is 0. The average Bonchev–Trinajstić information content (AvgIpc) is 3.29. The number of carbonyl (C=O) groups is 1. The first kappa shape index (κ1) is 29.7. The molecular weight excluding hydrogens is 528 g/mol. The largest absolute Gasteiger partial charge is 0.493 e. The Balaban J connectivity index is 1.83. The lowest BCUT2D eigenvalue weighted by molar-refractivity contribution is 0.0225. The minimum absolute atomic E-state index is 0.279. The minimum atomic E-state index is -1.38. The maximum Gasteiger partial charge on any atom is 0.360 e. The zero-order valence-electron chi connectivity index (χ0n) is 26.0. The third-order valence-corrected chi connectivity index (χ3v) is 8.45. The van der Waals surface area contributed by atoms with Gasteiger partial charge in [-0.05, 0) is 91.5 Å². The number of aryl methyl sites for hydroxylation is 2. The molecule has 2 heterocycles. The maximum absolute atomic E-state index is 13.8. The molecule has 0 spiro atoms. The number of cyclic esters (lactones) is 1. The van der Waals surface area contributed by atoms with Gasteiger partial charge in [0.1, 0.15) is 17.2 Å². The van der Waals surface area contributed by atoms with Gasteiger partial charge in [-0.15, -0.1) is 0 Å². The Morgan fingerprint density at radius 2 is 1.21 bits per heavy atom. The number of hydrogen-bond acceptors (Lipinski definition) is 8. The van der Waals surface area contributed by atoms with E-state index >= 15 is 0 Å². The van der Waals surface area contributed by atoms with Crippen LogP contribution in [0, 0.1) is 0 Å². The summed E-state index contributed by atoms with van der Waals surface area (Å²) in [5.41, 5.74) is 4.78. The van der Waals surface area contributed by atoms with Crippen molar-refractivity contribution in [3.05, 3.63) is 70.3 Å². The number of anilines is 2. The second-order valence-corrected chi connectivity index (χ2v) is 10.7. The number of fused-ring (bicyclic) bond motifs is 2. The molecular formula is C34H44N4O4. The van der Waals surface area contributed by atoms with E-state index in [0.29, 0.717) is 41.5 Å². The second-order valence-electron chi connectivity index (χ2n) is 10.7. The fourth-order valence-electron chi connectivity index (χ4n) is 6.35. The predicted molar refractivity (Wildman–Crippen MR) is 166 cm³/mol. The molecule has 0 amide bonds. The van der Waals surface area contributed by atoms with E-state index < -0.39 is 11.6 Å². The van der Waals surface area contributed by atoms with E-state index in [1.165, 1.54) is 0 Å². The molecule has 0 atom stereocenters. The molecule has 0 radical (unpaired) electrons. The number of aromatic nitrogens is 2. The first-order valence-electron chi connectivity index (χ1n) is 15.6. The Bertz CT molecular complexity index is 1370. The smallest absolute Gasteiger partial charge is 0.360 e. The van der Waals surface area contributed by atoms with Crippen molar-refractivity contribution in [3.8, 4) is 11.5 Å². The van der Waals surface area contributed by atoms with Crippen LogP contribution >= 0.6 is 0 Å². The third-order valence-electron chi connectivity index (χ3n) is 8.45. The Kier molecular flexibility index (Phi) is 8.90. The van der Waals surface area contributed by atoms with Gasteiger partial charge in [0, 0.05) is 60.8 Å². The van der Waals surface area contributed by atoms with Crippen LogP contribution in [0.15, 0.2) is 36.4 Å². The van der Waals surface area contributed by atoms with Gasteiger partial charge in [0.05, 0.1) is 24.6 Å². The Morgan fingerprint density at radius 1 is 0.738 bits per heavy atom. The quantitative estimate of drug-likeness (QED) is 0.234. The third kappa shape index (κ3) is 5.05. The number of nitrogens with zero attached hydrogens (tertiary/aromatic N) is 4. The molecule has 224 valence electrons. The molecule has 8 heteroatoms. The second kappa shape index (κ2) is 12.6. The Morgan fingerprint density at radius 3 is 1.67 bits per heavy atom. The highest BCUT2D eigenvalue weighted by atomic mass is 16.6. The van der Waals surface area contributed by atoms with Crippen LogP contribution in [0.25, 0.3) is 0 Å². The van der Waals surface area contributed by atoms with Crippen LogP contribution < -0.4 is 19.3 Å². The van der Waals surface area contributed by atoms with Gasteiger partial charge >= 0.3 is 5.97 Å². The van der Waals surface area contributed by atoms with Gasteiger partial charge in [-0.2, -0.15) is 0 Å². The standard InChI is InChI=1S/C34H44N4O4/c1-7-37(8-2)23-17-19-25(29(21-23)40-11-5)34(26-20-18-24(38(9-3)10-4)22-30(26)41-12-6)32-31(33(39)42-34)35-27-15-13-14-16-28(27)36-32/h17-22H,7-16H2,1-6H3. The molecule has 0 N–H and O–H groups in total. The highest BCUT2D eigenvalue weighted by molar-refractivity contribution is 5.94. The molecule has 0 bridgehead atoms. The molecule has 3 aromatic rings. The fourth-order valence-corrected chi connectivity index (χ4v) is 6.35. The molecule has 8 nitrogen and oxygen atoms in total. The molecule has 0 saturated heterocycles. The van der Waals surface area contributed by atoms with Crippen molar-refractivity contribution in [1.82, 2.24) is 9.97 Å². The van der Waals surface area contributed by atoms with Crippen molar-refractivity contribution in [3.63, 3.8) is 0 Å². The number of hydrogen-bond donors (Lipinski definition) is 0. The summed E-state index contributed by atoms with van der Waals surface area (Å²) in [6.07, 6.45) is 3.75. The average molecular weight is 573 g/mol. The van der Waals surface area contributed by atoms with Crippen LogP contribution in [0.4, 0.5) is 11.4 Å². The minimum Gasteiger partial charge on any atom is -0.493 e. The summed E-state index contributed by atoms with van der Waals surface area (Å²) in [5.74, 6) is 0.825. The number of esters is 1. The fraction of sp³-hybridized carbons (Fsp3) is 0.500. The normalized spacial score (nSPS) is 15.0. The van der Waals surface area contributed by atoms with E-state index in [2.05, 4.69) is 61.8 Å². The topological polar surface area (TPSA) is 77.0 Å². The SMILES string of the molecule is CCOc1cc(N(CC)CC)ccc1C1(c2ccc(N(CC)CC)cc2OCC)OC(=O)c2nc3c(nc21)CCCC3. The Labute approximate surface area is 250 Å². The molecule has 0 saturated carbocycles. The van der Waals surface area contributed by atoms with Crippen molar-refractivity contribution in [2.45, 2.75) is 72.8 Å². The molecule has 1 aliphatic carbocycles. The molecule has 2 aromatic carbocycles. The van der Waals surface area contributed by atoms with Crippen molar-refractivity contribution < 1.29 is 19.0 Å². The monoisotopic (exact) mass is 572 g/mol. The van der Waals surface area contributed by atoms with Gasteiger partial charge in [-0.1, -0.05) is 0 Å². The molecule has 0 fully saturated rings. The summed E-state index contributed by atoms with van der Waals surface area (Å²) in [4.78, 5) is 28.4. The molecule has 1 aliphatic heterocycles. The van der Waals surface area contributed by atoms with Crippen molar-refractivity contribution >= 4 is 17.3 Å². The zero-order valence-corrected chi connectivity index (χ0v) is 26.0. The molecule has 42 heavy (non-hydrogen) atoms. The van der Waals surface area contributed by atoms with E-state index in [4.69, 9.17) is 24.2 Å². The van der Waals surface area contributed by atoms with Gasteiger partial charge in [0.15, 0.2) is 5.69 Å². The molecule has 5 rings (SSSR count). The van der Waals surface area contributed by atoms with Gasteiger partial charge in [-0.25, -0.2) is 14.8 Å². The van der Waals surface area contributed by atoms with Crippen LogP contribution in [-0.2, 0) is 23.2 Å². The van der Waals surface area contributed by atoms with E-state index in [1.54, 1.807) is 0 Å². The highest BCUT2D eigenvalue weighted by Crippen LogP contribution is 2.52. The maximum atomic E-state index is 13.8. The van der Waals surface area contributed by atoms with Gasteiger partial charge in [0.2, 0.25) is 5.60 Å². The first-order valence-corrected chi connectivity index (χ1v) is 15.6. The van der Waals surface area contributed by atoms with Crippen molar-refractivity contribution in [2.75, 3.05) is 49.2 Å². The summed E-state index contributed by atoms with van der Waals surface area (Å²) >= 11 is 0. The number of carbonyl (C=O) groups excluding carboxylic acids is 1. The molecule has 1 aromatic heterocycles. The zero-order chi connectivity index (χ0) is 29.9. The number of rotatable bonds is 12. The van der Waals surface area contributed by atoms with Crippen LogP contribution in [0.1, 0.15) is 93.1 Å². The lowest BCUT2D eigenvalue weighted by atomic mass is 9.81. The summed E-state index contributed by atoms with van der Waals surface area (Å²) in [5, 5.41) is 0. The van der Waals surface area contributed by atoms with E-state index in [0.717, 1.165) is 74.6 Å². The lowest BCUT2D eigenvalue weighted by Gasteiger charge is -2.34. The lowest BCUT2D eigenvalue weighted by Crippen LogP contribution is -2.33. The summed E-state index contributed by atoms with van der Waals surface area (Å²) in [6.45, 7) is 16.9. The van der Waals surface area contributed by atoms with Crippen LogP contribution in [0.3, 0.4) is 0 Å². The van der Waals surface area contributed by atoms with Crippen LogP contribution in [0.2, 0.25) is 0 Å². The molecule has 0 unspecified atom stereocenters. The number of ether oxygens (including phenoxy) is 3. The summed E-state index contributed by atoms with van der Waals surface area (Å²) in [6, 6.07) is 12.3. The Hall–Kier alpha value is -3.81. The van der Waals surface area contributed by atoms with Gasteiger partial charge in [0.25, 0.3) is 0 Å². The van der Waals surface area contributed by atoms with Crippen molar-refractivity contribution in [2.24, 2.45) is 0 Å². The number of benzene rings is 2. The molecule has 2 aliphatic rings. The van der Waals surface area contributed by atoms with Gasteiger partial charge in [-0.3, -0.25) is 0 Å². The van der Waals surface area contributed by atoms with Crippen LogP contribution in [0.5, 0.6) is 11.5 Å². The first-order chi connectivity index (χ1) is 20.4. The summed E-state index contributed by atoms with van der Waals surface area (Å²) < 4.78 is 19.2. The van der Waals surface area contributed by atoms with Gasteiger partial charge < -0.3 is 24.0 Å². The van der Waals surface area contributed by atoms with Crippen LogP contribution in [-0.4, -0.2) is 55.3 Å². The predicted octanol–water partition coefficient (Wildman–Crippen LogP) is 6.31. The van der Waals surface area contributed by atoms with Crippen molar-refractivity contribution in [1.29, 1.82) is 0 Å². The van der Waals surface area contributed by atoms with E-state index in [9.17, 15) is 4.79 Å². The van der Waals surface area contributed by atoms with E-state index in [-0.39, 0.29) is 5.69 Å².